The quantitative estimate of drug-likeness (QED) is 0.468. The molecule has 0 aliphatic carbocycles. The maximum atomic E-state index is 12.9. The number of halogens is 1. The summed E-state index contributed by atoms with van der Waals surface area (Å²) in [5, 5.41) is 13.9. The van der Waals surface area contributed by atoms with Crippen LogP contribution in [0.2, 0.25) is 0 Å². The molecule has 3 rings (SSSR count). The first kappa shape index (κ1) is 22.6. The molecule has 0 saturated carbocycles. The summed E-state index contributed by atoms with van der Waals surface area (Å²) in [6.45, 7) is 3.83. The molecule has 0 radical (unpaired) electrons. The number of nitrogens with one attached hydrogen (secondary N) is 1. The van der Waals surface area contributed by atoms with Crippen LogP contribution in [0.5, 0.6) is 11.5 Å². The molecule has 8 nitrogen and oxygen atoms in total. The van der Waals surface area contributed by atoms with Gasteiger partial charge in [-0.1, -0.05) is 19.1 Å². The first-order chi connectivity index (χ1) is 14.8. The van der Waals surface area contributed by atoms with Crippen molar-refractivity contribution in [2.45, 2.75) is 39.0 Å². The second kappa shape index (κ2) is 9.82. The van der Waals surface area contributed by atoms with Gasteiger partial charge < -0.3 is 24.5 Å². The summed E-state index contributed by atoms with van der Waals surface area (Å²) in [6, 6.07) is 8.14. The lowest BCUT2D eigenvalue weighted by atomic mass is 10.2. The van der Waals surface area contributed by atoms with Crippen molar-refractivity contribution in [1.82, 2.24) is 14.9 Å². The minimum atomic E-state index is -1.00. The number of hydrogen-bond donors (Lipinski definition) is 2. The Labute approximate surface area is 188 Å². The van der Waals surface area contributed by atoms with Gasteiger partial charge in [0.2, 0.25) is 0 Å². The second-order valence-electron chi connectivity index (χ2n) is 7.04. The number of amides is 1. The van der Waals surface area contributed by atoms with Gasteiger partial charge in [0.15, 0.2) is 17.2 Å². The molecule has 2 heterocycles. The number of benzene rings is 1. The van der Waals surface area contributed by atoms with Crippen LogP contribution in [0.25, 0.3) is 10.9 Å². The van der Waals surface area contributed by atoms with Crippen LogP contribution in [0, 0.1) is 0 Å². The number of para-hydroxylation sites is 1. The standard InChI is InChI=1S/C22H24BrN3O5/c1-4-13(2)31-22(29)16(12-26-11-9-14-6-5-7-15(23)19(14)26)25-21(28)18-20(27)17(30-3)8-10-24-18/h5-11,13,16,27H,4,12H2,1-3H3,(H,25,28)/t13?,16-/m0/s1. The van der Waals surface area contributed by atoms with Crippen LogP contribution in [0.3, 0.4) is 0 Å². The fourth-order valence-electron chi connectivity index (χ4n) is 3.10. The van der Waals surface area contributed by atoms with E-state index < -0.39 is 23.7 Å². The first-order valence-corrected chi connectivity index (χ1v) is 10.6. The van der Waals surface area contributed by atoms with Gasteiger partial charge in [-0.05, 0) is 41.4 Å². The van der Waals surface area contributed by atoms with Crippen LogP contribution in [-0.2, 0) is 16.1 Å². The molecule has 0 saturated heterocycles. The number of aromatic nitrogens is 2. The van der Waals surface area contributed by atoms with E-state index in [0.717, 1.165) is 15.4 Å². The van der Waals surface area contributed by atoms with Gasteiger partial charge in [-0.25, -0.2) is 9.78 Å². The third kappa shape index (κ3) is 4.99. The van der Waals surface area contributed by atoms with Gasteiger partial charge in [-0.2, -0.15) is 0 Å². The molecule has 31 heavy (non-hydrogen) atoms. The molecule has 2 aromatic heterocycles. The van der Waals surface area contributed by atoms with E-state index in [1.807, 2.05) is 42.0 Å². The number of ether oxygens (including phenoxy) is 2. The third-order valence-electron chi connectivity index (χ3n) is 4.92. The number of carbonyl (C=O) groups is 2. The van der Waals surface area contributed by atoms with Crippen LogP contribution >= 0.6 is 15.9 Å². The maximum Gasteiger partial charge on any atom is 0.330 e. The second-order valence-corrected chi connectivity index (χ2v) is 7.89. The number of rotatable bonds is 8. The molecule has 2 atom stereocenters. The van der Waals surface area contributed by atoms with E-state index >= 15 is 0 Å². The number of carbonyl (C=O) groups excluding carboxylic acids is 2. The molecule has 0 fully saturated rings. The van der Waals surface area contributed by atoms with Crippen LogP contribution in [0.15, 0.2) is 47.2 Å². The highest BCUT2D eigenvalue weighted by molar-refractivity contribution is 9.10. The summed E-state index contributed by atoms with van der Waals surface area (Å²) in [5.74, 6) is -1.57. The number of fused-ring (bicyclic) bond motifs is 1. The van der Waals surface area contributed by atoms with E-state index in [2.05, 4.69) is 26.2 Å². The zero-order valence-corrected chi connectivity index (χ0v) is 19.0. The van der Waals surface area contributed by atoms with Gasteiger partial charge in [0.1, 0.15) is 6.04 Å². The Morgan fingerprint density at radius 1 is 1.29 bits per heavy atom. The molecular weight excluding hydrogens is 466 g/mol. The lowest BCUT2D eigenvalue weighted by molar-refractivity contribution is -0.151. The summed E-state index contributed by atoms with van der Waals surface area (Å²) in [5.41, 5.74) is 0.652. The highest BCUT2D eigenvalue weighted by atomic mass is 79.9. The molecule has 3 aromatic rings. The summed E-state index contributed by atoms with van der Waals surface area (Å²) >= 11 is 3.54. The van der Waals surface area contributed by atoms with Crippen molar-refractivity contribution in [2.75, 3.05) is 7.11 Å². The van der Waals surface area contributed by atoms with Gasteiger partial charge in [-0.15, -0.1) is 0 Å². The highest BCUT2D eigenvalue weighted by Crippen LogP contribution is 2.28. The van der Waals surface area contributed by atoms with Crippen molar-refractivity contribution in [3.05, 3.63) is 52.9 Å². The summed E-state index contributed by atoms with van der Waals surface area (Å²) < 4.78 is 13.2. The molecule has 9 heteroatoms. The van der Waals surface area contributed by atoms with Gasteiger partial charge in [-0.3, -0.25) is 4.79 Å². The van der Waals surface area contributed by atoms with Crippen molar-refractivity contribution < 1.29 is 24.2 Å². The Kier molecular flexibility index (Phi) is 7.17. The Morgan fingerprint density at radius 3 is 2.77 bits per heavy atom. The average molecular weight is 490 g/mol. The molecule has 1 aromatic carbocycles. The van der Waals surface area contributed by atoms with E-state index in [-0.39, 0.29) is 24.1 Å². The molecule has 1 unspecified atom stereocenters. The van der Waals surface area contributed by atoms with E-state index in [0.29, 0.717) is 6.42 Å². The van der Waals surface area contributed by atoms with Crippen molar-refractivity contribution in [3.8, 4) is 11.5 Å². The molecule has 0 aliphatic rings. The van der Waals surface area contributed by atoms with Crippen molar-refractivity contribution in [2.24, 2.45) is 0 Å². The highest BCUT2D eigenvalue weighted by Gasteiger charge is 2.27. The minimum Gasteiger partial charge on any atom is -0.503 e. The molecule has 2 N–H and O–H groups in total. The largest absolute Gasteiger partial charge is 0.503 e. The summed E-state index contributed by atoms with van der Waals surface area (Å²) in [4.78, 5) is 29.6. The van der Waals surface area contributed by atoms with Gasteiger partial charge in [0.05, 0.1) is 25.3 Å². The first-order valence-electron chi connectivity index (χ1n) is 9.82. The van der Waals surface area contributed by atoms with E-state index in [1.165, 1.54) is 19.4 Å². The molecular formula is C22H24BrN3O5. The molecule has 1 amide bonds. The normalized spacial score (nSPS) is 12.9. The van der Waals surface area contributed by atoms with Crippen LogP contribution in [0.4, 0.5) is 0 Å². The molecule has 0 spiro atoms. The zero-order valence-electron chi connectivity index (χ0n) is 17.5. The molecule has 0 aliphatic heterocycles. The lowest BCUT2D eigenvalue weighted by Gasteiger charge is -2.21. The van der Waals surface area contributed by atoms with Crippen LogP contribution < -0.4 is 10.1 Å². The van der Waals surface area contributed by atoms with Crippen molar-refractivity contribution >= 4 is 38.7 Å². The maximum absolute atomic E-state index is 12.9. The minimum absolute atomic E-state index is 0.110. The fourth-order valence-corrected chi connectivity index (χ4v) is 3.71. The Hall–Kier alpha value is -3.07. The number of pyridine rings is 1. The Morgan fingerprint density at radius 2 is 2.06 bits per heavy atom. The summed E-state index contributed by atoms with van der Waals surface area (Å²) in [6.07, 6.45) is 3.52. The van der Waals surface area contributed by atoms with E-state index in [9.17, 15) is 14.7 Å². The SMILES string of the molecule is CCC(C)OC(=O)[C@H](Cn1ccc2cccc(Br)c21)NC(=O)c1nccc(OC)c1O. The summed E-state index contributed by atoms with van der Waals surface area (Å²) in [7, 11) is 1.37. The van der Waals surface area contributed by atoms with Crippen molar-refractivity contribution in [1.29, 1.82) is 0 Å². The monoisotopic (exact) mass is 489 g/mol. The van der Waals surface area contributed by atoms with Gasteiger partial charge in [0.25, 0.3) is 5.91 Å². The van der Waals surface area contributed by atoms with Crippen molar-refractivity contribution in [3.63, 3.8) is 0 Å². The number of nitrogens with zero attached hydrogens (tertiary/aromatic N) is 2. The topological polar surface area (TPSA) is 103 Å². The van der Waals surface area contributed by atoms with Gasteiger partial charge >= 0.3 is 5.97 Å². The smallest absolute Gasteiger partial charge is 0.330 e. The predicted octanol–water partition coefficient (Wildman–Crippen LogP) is 3.65. The molecule has 0 bridgehead atoms. The molecule has 164 valence electrons. The zero-order chi connectivity index (χ0) is 22.5. The lowest BCUT2D eigenvalue weighted by Crippen LogP contribution is -2.45. The third-order valence-corrected chi connectivity index (χ3v) is 5.56. The van der Waals surface area contributed by atoms with E-state index in [4.69, 9.17) is 9.47 Å². The van der Waals surface area contributed by atoms with Crippen LogP contribution in [0.1, 0.15) is 30.8 Å². The number of aromatic hydroxyl groups is 1. The predicted molar refractivity (Wildman–Crippen MR) is 119 cm³/mol. The number of methoxy groups -OCH3 is 1. The Balaban J connectivity index is 1.91. The fraction of sp³-hybridized carbons (Fsp3) is 0.318. The van der Waals surface area contributed by atoms with E-state index in [1.54, 1.807) is 6.92 Å². The average Bonchev–Trinajstić information content (AvgIpc) is 3.17. The number of hydrogen-bond acceptors (Lipinski definition) is 6. The van der Waals surface area contributed by atoms with Crippen LogP contribution in [-0.4, -0.2) is 45.8 Å². The Bertz CT molecular complexity index is 1100. The van der Waals surface area contributed by atoms with Gasteiger partial charge in [0, 0.05) is 28.3 Å². The number of esters is 1.